The van der Waals surface area contributed by atoms with Crippen LogP contribution in [0.15, 0.2) is 60.8 Å². The van der Waals surface area contributed by atoms with Gasteiger partial charge in [0.15, 0.2) is 5.15 Å². The molecule has 0 spiro atoms. The maximum atomic E-state index is 12.7. The molecule has 0 saturated carbocycles. The van der Waals surface area contributed by atoms with Gasteiger partial charge in [-0.15, -0.1) is 0 Å². The normalized spacial score (nSPS) is 11.5. The molecule has 2 heterocycles. The Morgan fingerprint density at radius 2 is 1.92 bits per heavy atom. The van der Waals surface area contributed by atoms with Crippen LogP contribution in [-0.4, -0.2) is 26.2 Å². The predicted octanol–water partition coefficient (Wildman–Crippen LogP) is 4.44. The fraction of sp³-hybridized carbons (Fsp3) is 0.200. The van der Waals surface area contributed by atoms with Gasteiger partial charge in [-0.25, -0.2) is 4.98 Å². The Hall–Kier alpha value is -2.59. The quantitative estimate of drug-likeness (QED) is 0.636. The monoisotopic (exact) mass is 353 g/mol. The van der Waals surface area contributed by atoms with Crippen LogP contribution in [0, 0.1) is 0 Å². The average molecular weight is 354 g/mol. The second-order valence-electron chi connectivity index (χ2n) is 6.10. The molecule has 4 nitrogen and oxygen atoms in total. The third-order valence-electron chi connectivity index (χ3n) is 4.01. The number of pyridine rings is 1. The summed E-state index contributed by atoms with van der Waals surface area (Å²) < 4.78 is 1.86. The van der Waals surface area contributed by atoms with Gasteiger partial charge in [-0.2, -0.15) is 0 Å². The highest BCUT2D eigenvalue weighted by Crippen LogP contribution is 2.19. The van der Waals surface area contributed by atoms with E-state index in [0.717, 1.165) is 11.2 Å². The van der Waals surface area contributed by atoms with E-state index in [9.17, 15) is 4.79 Å². The first-order valence-electron chi connectivity index (χ1n) is 8.21. The molecule has 25 heavy (non-hydrogen) atoms. The number of rotatable bonds is 5. The fourth-order valence-corrected chi connectivity index (χ4v) is 2.92. The van der Waals surface area contributed by atoms with Crippen LogP contribution in [-0.2, 0) is 11.3 Å². The maximum Gasteiger partial charge on any atom is 0.247 e. The highest BCUT2D eigenvalue weighted by atomic mass is 35.5. The molecule has 0 atom stereocenters. The average Bonchev–Trinajstić information content (AvgIpc) is 2.93. The largest absolute Gasteiger partial charge is 0.332 e. The molecule has 0 unspecified atom stereocenters. The van der Waals surface area contributed by atoms with Crippen molar-refractivity contribution in [3.05, 3.63) is 77.2 Å². The third-order valence-corrected chi connectivity index (χ3v) is 4.29. The van der Waals surface area contributed by atoms with Gasteiger partial charge in [0.2, 0.25) is 5.91 Å². The van der Waals surface area contributed by atoms with Crippen molar-refractivity contribution in [2.45, 2.75) is 26.4 Å². The summed E-state index contributed by atoms with van der Waals surface area (Å²) in [6, 6.07) is 15.7. The van der Waals surface area contributed by atoms with Gasteiger partial charge in [0.05, 0.1) is 5.69 Å². The van der Waals surface area contributed by atoms with Crippen LogP contribution in [0.25, 0.3) is 11.7 Å². The summed E-state index contributed by atoms with van der Waals surface area (Å²) in [4.78, 5) is 18.8. The highest BCUT2D eigenvalue weighted by Gasteiger charge is 2.15. The van der Waals surface area contributed by atoms with Crippen molar-refractivity contribution in [2.24, 2.45) is 0 Å². The number of imidazole rings is 1. The van der Waals surface area contributed by atoms with Gasteiger partial charge in [-0.3, -0.25) is 9.20 Å². The zero-order valence-electron chi connectivity index (χ0n) is 14.3. The number of carbonyl (C=O) groups is 1. The van der Waals surface area contributed by atoms with E-state index in [-0.39, 0.29) is 11.9 Å². The maximum absolute atomic E-state index is 12.7. The number of amides is 1. The topological polar surface area (TPSA) is 37.6 Å². The van der Waals surface area contributed by atoms with E-state index in [1.165, 1.54) is 0 Å². The van der Waals surface area contributed by atoms with Gasteiger partial charge in [-0.1, -0.05) is 48.0 Å². The highest BCUT2D eigenvalue weighted by molar-refractivity contribution is 6.31. The van der Waals surface area contributed by atoms with Crippen LogP contribution in [0.4, 0.5) is 0 Å². The molecule has 1 amide bonds. The minimum absolute atomic E-state index is 0.0548. The molecule has 0 aliphatic carbocycles. The second-order valence-corrected chi connectivity index (χ2v) is 6.45. The van der Waals surface area contributed by atoms with Gasteiger partial charge in [0, 0.05) is 24.9 Å². The van der Waals surface area contributed by atoms with Crippen molar-refractivity contribution in [3.8, 4) is 0 Å². The minimum Gasteiger partial charge on any atom is -0.332 e. The molecule has 0 radical (unpaired) electrons. The van der Waals surface area contributed by atoms with Gasteiger partial charge in [0.1, 0.15) is 5.65 Å². The number of hydrogen-bond donors (Lipinski definition) is 0. The Bertz CT molecular complexity index is 900. The first-order chi connectivity index (χ1) is 12.1. The molecule has 0 saturated heterocycles. The molecule has 2 aromatic heterocycles. The van der Waals surface area contributed by atoms with Crippen LogP contribution < -0.4 is 0 Å². The number of carbonyl (C=O) groups excluding carboxylic acids is 1. The van der Waals surface area contributed by atoms with E-state index in [2.05, 4.69) is 4.98 Å². The van der Waals surface area contributed by atoms with Gasteiger partial charge in [-0.05, 0) is 37.6 Å². The van der Waals surface area contributed by atoms with Crippen LogP contribution in [0.5, 0.6) is 0 Å². The van der Waals surface area contributed by atoms with E-state index >= 15 is 0 Å². The smallest absolute Gasteiger partial charge is 0.247 e. The van der Waals surface area contributed by atoms with E-state index in [1.54, 1.807) is 12.2 Å². The van der Waals surface area contributed by atoms with Crippen molar-refractivity contribution in [2.75, 3.05) is 0 Å². The Morgan fingerprint density at radius 1 is 1.20 bits per heavy atom. The number of halogens is 1. The van der Waals surface area contributed by atoms with Gasteiger partial charge in [0.25, 0.3) is 0 Å². The summed E-state index contributed by atoms with van der Waals surface area (Å²) in [5.41, 5.74) is 2.56. The lowest BCUT2D eigenvalue weighted by Crippen LogP contribution is -2.35. The molecule has 1 aromatic carbocycles. The zero-order chi connectivity index (χ0) is 17.8. The molecular formula is C20H20ClN3O. The molecule has 0 fully saturated rings. The van der Waals surface area contributed by atoms with Crippen molar-refractivity contribution < 1.29 is 4.79 Å². The number of nitrogens with zero attached hydrogens (tertiary/aromatic N) is 3. The molecule has 3 rings (SSSR count). The molecule has 3 aromatic rings. The summed E-state index contributed by atoms with van der Waals surface area (Å²) in [5.74, 6) is -0.0548. The third kappa shape index (κ3) is 3.91. The van der Waals surface area contributed by atoms with Gasteiger partial charge >= 0.3 is 0 Å². The lowest BCUT2D eigenvalue weighted by Gasteiger charge is -2.25. The first kappa shape index (κ1) is 17.2. The van der Waals surface area contributed by atoms with Crippen molar-refractivity contribution >= 4 is 29.2 Å². The second kappa shape index (κ2) is 7.53. The molecule has 0 aliphatic rings. The molecule has 0 aliphatic heterocycles. The fourth-order valence-electron chi connectivity index (χ4n) is 2.68. The van der Waals surface area contributed by atoms with Crippen LogP contribution in [0.1, 0.15) is 25.1 Å². The molecule has 0 N–H and O–H groups in total. The first-order valence-corrected chi connectivity index (χ1v) is 8.59. The molecular weight excluding hydrogens is 334 g/mol. The van der Waals surface area contributed by atoms with E-state index < -0.39 is 0 Å². The van der Waals surface area contributed by atoms with Crippen LogP contribution >= 0.6 is 11.6 Å². The van der Waals surface area contributed by atoms with Crippen molar-refractivity contribution in [1.82, 2.24) is 14.3 Å². The lowest BCUT2D eigenvalue weighted by molar-refractivity contribution is -0.128. The molecule has 5 heteroatoms. The van der Waals surface area contributed by atoms with Crippen LogP contribution in [0.2, 0.25) is 5.15 Å². The van der Waals surface area contributed by atoms with E-state index in [1.807, 2.05) is 77.9 Å². The molecule has 0 bridgehead atoms. The Kier molecular flexibility index (Phi) is 5.19. The Labute approximate surface area is 152 Å². The summed E-state index contributed by atoms with van der Waals surface area (Å²) in [6.07, 6.45) is 5.17. The SMILES string of the molecule is CC(C)N(Cc1ccccc1)C(=O)/C=C/c1c(Cl)nc2ccccn12. The zero-order valence-corrected chi connectivity index (χ0v) is 15.0. The number of benzene rings is 1. The Morgan fingerprint density at radius 3 is 2.64 bits per heavy atom. The number of hydrogen-bond acceptors (Lipinski definition) is 2. The molecule has 128 valence electrons. The van der Waals surface area contributed by atoms with Crippen LogP contribution in [0.3, 0.4) is 0 Å². The summed E-state index contributed by atoms with van der Waals surface area (Å²) in [5, 5.41) is 0.384. The summed E-state index contributed by atoms with van der Waals surface area (Å²) >= 11 is 6.21. The summed E-state index contributed by atoms with van der Waals surface area (Å²) in [7, 11) is 0. The minimum atomic E-state index is -0.0548. The summed E-state index contributed by atoms with van der Waals surface area (Å²) in [6.45, 7) is 4.59. The Balaban J connectivity index is 1.83. The predicted molar refractivity (Wildman–Crippen MR) is 101 cm³/mol. The number of fused-ring (bicyclic) bond motifs is 1. The van der Waals surface area contributed by atoms with Crippen molar-refractivity contribution in [3.63, 3.8) is 0 Å². The van der Waals surface area contributed by atoms with E-state index in [4.69, 9.17) is 11.6 Å². The standard InChI is InChI=1S/C20H20ClN3O/c1-15(2)24(14-16-8-4-3-5-9-16)19(25)12-11-17-20(21)22-18-10-6-7-13-23(17)18/h3-13,15H,14H2,1-2H3/b12-11+. The van der Waals surface area contributed by atoms with Gasteiger partial charge < -0.3 is 4.90 Å². The lowest BCUT2D eigenvalue weighted by atomic mass is 10.2. The van der Waals surface area contributed by atoms with Crippen molar-refractivity contribution in [1.29, 1.82) is 0 Å². The van der Waals surface area contributed by atoms with E-state index in [0.29, 0.717) is 17.4 Å². The number of aromatic nitrogens is 2.